The first kappa shape index (κ1) is 13.3. The van der Waals surface area contributed by atoms with Crippen molar-refractivity contribution in [1.29, 1.82) is 0 Å². The minimum atomic E-state index is 0.229. The number of likely N-dealkylation sites (tertiary alicyclic amines) is 1. The first-order valence-electron chi connectivity index (χ1n) is 7.56. The quantitative estimate of drug-likeness (QED) is 0.870. The van der Waals surface area contributed by atoms with Crippen LogP contribution in [0.15, 0.2) is 30.3 Å². The number of amides is 1. The van der Waals surface area contributed by atoms with E-state index in [1.165, 1.54) is 16.6 Å². The zero-order valence-electron chi connectivity index (χ0n) is 12.5. The van der Waals surface area contributed by atoms with Crippen molar-refractivity contribution in [2.45, 2.75) is 0 Å². The summed E-state index contributed by atoms with van der Waals surface area (Å²) in [5.74, 6) is 2.52. The number of benzene rings is 1. The number of fused-ring (bicyclic) bond motifs is 2. The van der Waals surface area contributed by atoms with Gasteiger partial charge in [-0.2, -0.15) is 0 Å². The number of piperidine rings is 1. The van der Waals surface area contributed by atoms with E-state index in [1.807, 2.05) is 18.2 Å². The second-order valence-corrected chi connectivity index (χ2v) is 7.70. The molecule has 1 aromatic heterocycles. The van der Waals surface area contributed by atoms with Crippen molar-refractivity contribution in [2.75, 3.05) is 33.7 Å². The molecule has 1 saturated heterocycles. The van der Waals surface area contributed by atoms with Crippen LogP contribution < -0.4 is 0 Å². The zero-order valence-corrected chi connectivity index (χ0v) is 13.3. The summed E-state index contributed by atoms with van der Waals surface area (Å²) in [6.45, 7) is 3.08. The highest BCUT2D eigenvalue weighted by Crippen LogP contribution is 2.52. The number of hydrogen-bond acceptors (Lipinski definition) is 3. The van der Waals surface area contributed by atoms with Crippen molar-refractivity contribution < 1.29 is 4.79 Å². The van der Waals surface area contributed by atoms with Crippen molar-refractivity contribution in [3.05, 3.63) is 35.2 Å². The molecule has 1 amide bonds. The van der Waals surface area contributed by atoms with E-state index in [0.29, 0.717) is 0 Å². The lowest BCUT2D eigenvalue weighted by Gasteiger charge is -2.20. The molecule has 1 saturated carbocycles. The fourth-order valence-corrected chi connectivity index (χ4v) is 4.78. The second-order valence-electron chi connectivity index (χ2n) is 6.61. The van der Waals surface area contributed by atoms with Gasteiger partial charge in [-0.15, -0.1) is 11.3 Å². The summed E-state index contributed by atoms with van der Waals surface area (Å²) in [6, 6.07) is 10.3. The summed E-state index contributed by atoms with van der Waals surface area (Å²) >= 11 is 1.62. The van der Waals surface area contributed by atoms with Gasteiger partial charge in [-0.05, 0) is 49.4 Å². The van der Waals surface area contributed by atoms with E-state index in [9.17, 15) is 4.79 Å². The van der Waals surface area contributed by atoms with Gasteiger partial charge in [0, 0.05) is 24.3 Å². The molecule has 3 atom stereocenters. The van der Waals surface area contributed by atoms with E-state index < -0.39 is 0 Å². The molecule has 2 aromatic rings. The third-order valence-corrected chi connectivity index (χ3v) is 5.97. The van der Waals surface area contributed by atoms with E-state index in [1.54, 1.807) is 11.3 Å². The lowest BCUT2D eigenvalue weighted by Crippen LogP contribution is -2.32. The zero-order chi connectivity index (χ0) is 14.6. The Morgan fingerprint density at radius 3 is 2.67 bits per heavy atom. The van der Waals surface area contributed by atoms with E-state index in [2.05, 4.69) is 36.0 Å². The molecule has 2 aliphatic rings. The normalized spacial score (nSPS) is 27.4. The second kappa shape index (κ2) is 4.82. The van der Waals surface area contributed by atoms with Crippen LogP contribution in [0, 0.1) is 17.8 Å². The van der Waals surface area contributed by atoms with Crippen LogP contribution in [0.3, 0.4) is 0 Å². The number of rotatable bonds is 3. The Bertz CT molecular complexity index is 648. The average molecular weight is 300 g/mol. The Morgan fingerprint density at radius 1 is 1.29 bits per heavy atom. The topological polar surface area (TPSA) is 23.6 Å². The van der Waals surface area contributed by atoms with Crippen molar-refractivity contribution in [3.8, 4) is 0 Å². The van der Waals surface area contributed by atoms with Gasteiger partial charge in [-0.25, -0.2) is 0 Å². The van der Waals surface area contributed by atoms with Gasteiger partial charge >= 0.3 is 0 Å². The summed E-state index contributed by atoms with van der Waals surface area (Å²) in [6.07, 6.45) is 0. The van der Waals surface area contributed by atoms with Gasteiger partial charge in [0.15, 0.2) is 0 Å². The molecule has 2 fully saturated rings. The van der Waals surface area contributed by atoms with Crippen LogP contribution in [0.1, 0.15) is 9.67 Å². The summed E-state index contributed by atoms with van der Waals surface area (Å²) in [5.41, 5.74) is 0. The molecule has 3 nitrogen and oxygen atoms in total. The summed E-state index contributed by atoms with van der Waals surface area (Å²) in [4.78, 5) is 17.9. The van der Waals surface area contributed by atoms with E-state index in [0.717, 1.165) is 35.7 Å². The highest BCUT2D eigenvalue weighted by molar-refractivity contribution is 7.20. The van der Waals surface area contributed by atoms with Gasteiger partial charge in [0.1, 0.15) is 0 Å². The fraction of sp³-hybridized carbons (Fsp3) is 0.471. The van der Waals surface area contributed by atoms with Crippen LogP contribution >= 0.6 is 11.3 Å². The molecule has 1 aliphatic heterocycles. The standard InChI is InChI=1S/C17H20N2OS/c1-18(2)8-12-13-9-19(10-14(12)13)17(20)16-7-11-5-3-4-6-15(11)21-16/h3-7,12-14H,8-10H2,1-2H3/t12?,13-,14+. The van der Waals surface area contributed by atoms with Crippen molar-refractivity contribution >= 4 is 27.3 Å². The number of carbonyl (C=O) groups is 1. The lowest BCUT2D eigenvalue weighted by molar-refractivity contribution is 0.0770. The fourth-order valence-electron chi connectivity index (χ4n) is 3.75. The number of carbonyl (C=O) groups excluding carboxylic acids is 1. The Labute approximate surface area is 129 Å². The molecule has 21 heavy (non-hydrogen) atoms. The first-order valence-corrected chi connectivity index (χ1v) is 8.38. The van der Waals surface area contributed by atoms with Crippen LogP contribution in [-0.4, -0.2) is 49.4 Å². The summed E-state index contributed by atoms with van der Waals surface area (Å²) in [5, 5.41) is 1.18. The van der Waals surface area contributed by atoms with Gasteiger partial charge in [-0.3, -0.25) is 4.79 Å². The highest BCUT2D eigenvalue weighted by Gasteiger charge is 2.56. The molecule has 0 N–H and O–H groups in total. The van der Waals surface area contributed by atoms with Crippen molar-refractivity contribution in [2.24, 2.45) is 17.8 Å². The Balaban J connectivity index is 1.45. The predicted molar refractivity (Wildman–Crippen MR) is 86.8 cm³/mol. The average Bonchev–Trinajstić information content (AvgIpc) is 2.89. The molecule has 0 bridgehead atoms. The lowest BCUT2D eigenvalue weighted by atomic mass is 10.2. The summed E-state index contributed by atoms with van der Waals surface area (Å²) < 4.78 is 1.20. The Kier molecular flexibility index (Phi) is 3.05. The third-order valence-electron chi connectivity index (χ3n) is 4.87. The minimum absolute atomic E-state index is 0.229. The molecular weight excluding hydrogens is 280 g/mol. The van der Waals surface area contributed by atoms with E-state index in [-0.39, 0.29) is 5.91 Å². The first-order chi connectivity index (χ1) is 10.1. The maximum atomic E-state index is 12.6. The largest absolute Gasteiger partial charge is 0.337 e. The van der Waals surface area contributed by atoms with Crippen molar-refractivity contribution in [3.63, 3.8) is 0 Å². The molecule has 1 aliphatic carbocycles. The van der Waals surface area contributed by atoms with Gasteiger partial charge in [0.05, 0.1) is 4.88 Å². The number of thiophene rings is 1. The molecule has 1 aromatic carbocycles. The molecule has 4 rings (SSSR count). The molecule has 110 valence electrons. The molecular formula is C17H20N2OS. The van der Waals surface area contributed by atoms with Crippen LogP contribution in [0.4, 0.5) is 0 Å². The summed E-state index contributed by atoms with van der Waals surface area (Å²) in [7, 11) is 4.27. The minimum Gasteiger partial charge on any atom is -0.337 e. The van der Waals surface area contributed by atoms with Crippen molar-refractivity contribution in [1.82, 2.24) is 9.80 Å². The molecule has 1 unspecified atom stereocenters. The molecule has 0 spiro atoms. The van der Waals surface area contributed by atoms with Crippen LogP contribution in [-0.2, 0) is 0 Å². The van der Waals surface area contributed by atoms with Gasteiger partial charge in [0.25, 0.3) is 5.91 Å². The van der Waals surface area contributed by atoms with Crippen LogP contribution in [0.5, 0.6) is 0 Å². The molecule has 2 heterocycles. The van der Waals surface area contributed by atoms with E-state index in [4.69, 9.17) is 0 Å². The van der Waals surface area contributed by atoms with E-state index >= 15 is 0 Å². The maximum absolute atomic E-state index is 12.6. The Morgan fingerprint density at radius 2 is 2.00 bits per heavy atom. The van der Waals surface area contributed by atoms with Crippen LogP contribution in [0.25, 0.3) is 10.1 Å². The third kappa shape index (κ3) is 2.27. The number of nitrogens with zero attached hydrogens (tertiary/aromatic N) is 2. The molecule has 4 heteroatoms. The number of hydrogen-bond donors (Lipinski definition) is 0. The van der Waals surface area contributed by atoms with Gasteiger partial charge in [-0.1, -0.05) is 18.2 Å². The SMILES string of the molecule is CN(C)CC1[C@H]2CN(C(=O)c3cc4ccccc4s3)C[C@@H]12. The predicted octanol–water partition coefficient (Wildman–Crippen LogP) is 2.78. The monoisotopic (exact) mass is 300 g/mol. The smallest absolute Gasteiger partial charge is 0.263 e. The van der Waals surface area contributed by atoms with Gasteiger partial charge in [0.2, 0.25) is 0 Å². The van der Waals surface area contributed by atoms with Crippen LogP contribution in [0.2, 0.25) is 0 Å². The Hall–Kier alpha value is -1.39. The highest BCUT2D eigenvalue weighted by atomic mass is 32.1. The van der Waals surface area contributed by atoms with Gasteiger partial charge < -0.3 is 9.80 Å². The maximum Gasteiger partial charge on any atom is 0.263 e. The molecule has 0 radical (unpaired) electrons.